The third-order valence-corrected chi connectivity index (χ3v) is 6.16. The van der Waals surface area contributed by atoms with Crippen LogP contribution in [0.25, 0.3) is 10.8 Å². The number of piperidine rings is 1. The molecule has 3 aromatic rings. The van der Waals surface area contributed by atoms with Crippen molar-refractivity contribution in [1.29, 1.82) is 0 Å². The van der Waals surface area contributed by atoms with Gasteiger partial charge in [0.25, 0.3) is 0 Å². The zero-order valence-corrected chi connectivity index (χ0v) is 20.9. The van der Waals surface area contributed by atoms with Crippen LogP contribution in [0.5, 0.6) is 5.75 Å². The van der Waals surface area contributed by atoms with Crippen molar-refractivity contribution in [3.05, 3.63) is 90.5 Å². The van der Waals surface area contributed by atoms with Gasteiger partial charge in [0.05, 0.1) is 19.3 Å². The lowest BCUT2D eigenvalue weighted by Crippen LogP contribution is -2.48. The Morgan fingerprint density at radius 3 is 2.51 bits per heavy atom. The molecule has 0 N–H and O–H groups in total. The van der Waals surface area contributed by atoms with Crippen molar-refractivity contribution >= 4 is 16.9 Å². The van der Waals surface area contributed by atoms with Crippen LogP contribution in [0.3, 0.4) is 0 Å². The van der Waals surface area contributed by atoms with E-state index in [1.807, 2.05) is 45.0 Å². The summed E-state index contributed by atoms with van der Waals surface area (Å²) in [7, 11) is 0. The standard InChI is InChI=1S/C30H35NO4/c1-5-18-33-26-14-12-24(13-15-26)27-16-17-31(29(32)35-30(2,3)4)20-28(27)34-21-22-10-11-23-8-6-7-9-25(23)19-22/h5-15,19,27-28H,1,16-18,20-21H2,2-4H3. The Morgan fingerprint density at radius 1 is 1.06 bits per heavy atom. The average Bonchev–Trinajstić information content (AvgIpc) is 2.85. The van der Waals surface area contributed by atoms with E-state index >= 15 is 0 Å². The maximum atomic E-state index is 12.8. The summed E-state index contributed by atoms with van der Waals surface area (Å²) in [5.41, 5.74) is 1.77. The van der Waals surface area contributed by atoms with Crippen LogP contribution in [-0.2, 0) is 16.1 Å². The Morgan fingerprint density at radius 2 is 1.80 bits per heavy atom. The number of carbonyl (C=O) groups is 1. The summed E-state index contributed by atoms with van der Waals surface area (Å²) in [6, 6.07) is 22.9. The third kappa shape index (κ3) is 6.64. The number of ether oxygens (including phenoxy) is 3. The minimum atomic E-state index is -0.531. The number of carbonyl (C=O) groups excluding carboxylic acids is 1. The van der Waals surface area contributed by atoms with Crippen LogP contribution >= 0.6 is 0 Å². The first-order chi connectivity index (χ1) is 16.8. The van der Waals surface area contributed by atoms with E-state index in [1.54, 1.807) is 11.0 Å². The molecular weight excluding hydrogens is 438 g/mol. The fourth-order valence-corrected chi connectivity index (χ4v) is 4.46. The Bertz CT molecular complexity index is 1150. The molecule has 1 fully saturated rings. The molecule has 1 aliphatic rings. The number of likely N-dealkylation sites (tertiary alicyclic amines) is 1. The number of fused-ring (bicyclic) bond motifs is 1. The van der Waals surface area contributed by atoms with Gasteiger partial charge in [-0.3, -0.25) is 0 Å². The number of hydrogen-bond acceptors (Lipinski definition) is 4. The number of hydrogen-bond donors (Lipinski definition) is 0. The van der Waals surface area contributed by atoms with E-state index in [0.29, 0.717) is 26.3 Å². The van der Waals surface area contributed by atoms with Crippen LogP contribution in [0, 0.1) is 0 Å². The second kappa shape index (κ2) is 11.0. The van der Waals surface area contributed by atoms with E-state index in [4.69, 9.17) is 14.2 Å². The summed E-state index contributed by atoms with van der Waals surface area (Å²) in [4.78, 5) is 14.6. The third-order valence-electron chi connectivity index (χ3n) is 6.16. The van der Waals surface area contributed by atoms with Gasteiger partial charge in [-0.1, -0.05) is 61.2 Å². The molecule has 2 atom stereocenters. The predicted octanol–water partition coefficient (Wildman–Crippen LogP) is 6.71. The molecule has 1 amide bonds. The molecule has 0 aliphatic carbocycles. The number of nitrogens with zero attached hydrogens (tertiary/aromatic N) is 1. The zero-order valence-electron chi connectivity index (χ0n) is 20.9. The minimum absolute atomic E-state index is 0.150. The molecule has 3 aromatic carbocycles. The van der Waals surface area contributed by atoms with Crippen molar-refractivity contribution in [2.24, 2.45) is 0 Å². The zero-order chi connectivity index (χ0) is 24.8. The van der Waals surface area contributed by atoms with Gasteiger partial charge in [-0.25, -0.2) is 4.79 Å². The van der Waals surface area contributed by atoms with Crippen molar-refractivity contribution in [2.75, 3.05) is 19.7 Å². The molecule has 5 nitrogen and oxygen atoms in total. The van der Waals surface area contributed by atoms with E-state index in [2.05, 4.69) is 49.0 Å². The van der Waals surface area contributed by atoms with Crippen molar-refractivity contribution < 1.29 is 19.0 Å². The van der Waals surface area contributed by atoms with E-state index in [1.165, 1.54) is 16.3 Å². The van der Waals surface area contributed by atoms with Crippen molar-refractivity contribution in [3.63, 3.8) is 0 Å². The molecule has 0 bridgehead atoms. The highest BCUT2D eigenvalue weighted by atomic mass is 16.6. The summed E-state index contributed by atoms with van der Waals surface area (Å²) in [5.74, 6) is 0.982. The Kier molecular flexibility index (Phi) is 7.76. The Labute approximate surface area is 208 Å². The van der Waals surface area contributed by atoms with Gasteiger partial charge in [-0.15, -0.1) is 0 Å². The molecule has 0 radical (unpaired) electrons. The highest BCUT2D eigenvalue weighted by molar-refractivity contribution is 5.82. The van der Waals surface area contributed by atoms with Gasteiger partial charge in [0.1, 0.15) is 18.0 Å². The SMILES string of the molecule is C=CCOc1ccc(C2CCN(C(=O)OC(C)(C)C)CC2OCc2ccc3ccccc3c2)cc1. The maximum Gasteiger partial charge on any atom is 0.410 e. The van der Waals surface area contributed by atoms with E-state index in [-0.39, 0.29) is 18.1 Å². The van der Waals surface area contributed by atoms with Gasteiger partial charge in [-0.05, 0) is 67.3 Å². The molecule has 184 valence electrons. The van der Waals surface area contributed by atoms with E-state index < -0.39 is 5.60 Å². The van der Waals surface area contributed by atoms with Crippen LogP contribution in [0.2, 0.25) is 0 Å². The Hall–Kier alpha value is -3.31. The summed E-state index contributed by atoms with van der Waals surface area (Å²) in [6.07, 6.45) is 2.09. The molecular formula is C30H35NO4. The normalized spacial score (nSPS) is 18.3. The number of benzene rings is 3. The van der Waals surface area contributed by atoms with Crippen LogP contribution in [0.1, 0.15) is 44.2 Å². The van der Waals surface area contributed by atoms with Gasteiger partial charge in [0.2, 0.25) is 0 Å². The lowest BCUT2D eigenvalue weighted by atomic mass is 9.87. The van der Waals surface area contributed by atoms with Crippen LogP contribution < -0.4 is 4.74 Å². The van der Waals surface area contributed by atoms with Crippen LogP contribution in [0.15, 0.2) is 79.4 Å². The average molecular weight is 474 g/mol. The molecule has 0 aromatic heterocycles. The first kappa shape index (κ1) is 24.8. The highest BCUT2D eigenvalue weighted by Gasteiger charge is 2.35. The maximum absolute atomic E-state index is 12.8. The van der Waals surface area contributed by atoms with Crippen LogP contribution in [0.4, 0.5) is 4.79 Å². The second-order valence-corrected chi connectivity index (χ2v) is 10.0. The van der Waals surface area contributed by atoms with Gasteiger partial charge in [0, 0.05) is 12.5 Å². The van der Waals surface area contributed by atoms with E-state index in [9.17, 15) is 4.79 Å². The summed E-state index contributed by atoms with van der Waals surface area (Å²) in [5, 5.41) is 2.40. The van der Waals surface area contributed by atoms with Gasteiger partial charge in [-0.2, -0.15) is 0 Å². The van der Waals surface area contributed by atoms with Gasteiger partial charge >= 0.3 is 6.09 Å². The topological polar surface area (TPSA) is 48.0 Å². The van der Waals surface area contributed by atoms with Crippen molar-refractivity contribution in [3.8, 4) is 5.75 Å². The molecule has 1 aliphatic heterocycles. The molecule has 1 saturated heterocycles. The van der Waals surface area contributed by atoms with Crippen molar-refractivity contribution in [1.82, 2.24) is 4.90 Å². The summed E-state index contributed by atoms with van der Waals surface area (Å²) in [6.45, 7) is 11.4. The molecule has 35 heavy (non-hydrogen) atoms. The molecule has 5 heteroatoms. The first-order valence-electron chi connectivity index (χ1n) is 12.2. The minimum Gasteiger partial charge on any atom is -0.490 e. The fourth-order valence-electron chi connectivity index (χ4n) is 4.46. The van der Waals surface area contributed by atoms with E-state index in [0.717, 1.165) is 17.7 Å². The fraction of sp³-hybridized carbons (Fsp3) is 0.367. The number of amides is 1. The van der Waals surface area contributed by atoms with Crippen LogP contribution in [-0.4, -0.2) is 42.4 Å². The van der Waals surface area contributed by atoms with Gasteiger partial charge in [0.15, 0.2) is 0 Å². The molecule has 4 rings (SSSR count). The Balaban J connectivity index is 1.51. The lowest BCUT2D eigenvalue weighted by Gasteiger charge is -2.39. The van der Waals surface area contributed by atoms with Crippen molar-refractivity contribution in [2.45, 2.75) is 51.4 Å². The molecule has 1 heterocycles. The summed E-state index contributed by atoms with van der Waals surface area (Å²) < 4.78 is 17.8. The summed E-state index contributed by atoms with van der Waals surface area (Å²) >= 11 is 0. The number of rotatable bonds is 7. The second-order valence-electron chi connectivity index (χ2n) is 10.0. The quantitative estimate of drug-likeness (QED) is 0.358. The predicted molar refractivity (Wildman–Crippen MR) is 140 cm³/mol. The first-order valence-corrected chi connectivity index (χ1v) is 12.2. The highest BCUT2D eigenvalue weighted by Crippen LogP contribution is 2.33. The molecule has 0 spiro atoms. The molecule has 2 unspecified atom stereocenters. The largest absolute Gasteiger partial charge is 0.490 e. The molecule has 0 saturated carbocycles. The monoisotopic (exact) mass is 473 g/mol. The lowest BCUT2D eigenvalue weighted by molar-refractivity contribution is -0.0359. The van der Waals surface area contributed by atoms with Gasteiger partial charge < -0.3 is 19.1 Å². The smallest absolute Gasteiger partial charge is 0.410 e.